The van der Waals surface area contributed by atoms with Crippen molar-refractivity contribution in [2.45, 2.75) is 109 Å². The van der Waals surface area contributed by atoms with Gasteiger partial charge in [0.1, 0.15) is 6.10 Å². The number of hydrogen-bond acceptors (Lipinski definition) is 5. The van der Waals surface area contributed by atoms with Crippen LogP contribution in [-0.4, -0.2) is 33.7 Å². The summed E-state index contributed by atoms with van der Waals surface area (Å²) in [6.07, 6.45) is 15.4. The summed E-state index contributed by atoms with van der Waals surface area (Å²) in [4.78, 5) is 22.4. The molecule has 0 saturated heterocycles. The molecule has 2 unspecified atom stereocenters. The molecule has 7 nitrogen and oxygen atoms in total. The number of benzene rings is 1. The molecule has 1 aromatic rings. The Hall–Kier alpha value is -1.99. The van der Waals surface area contributed by atoms with Gasteiger partial charge in [0.25, 0.3) is 5.69 Å². The van der Waals surface area contributed by atoms with Gasteiger partial charge in [0.2, 0.25) is 5.91 Å². The fraction of sp³-hybridized carbons (Fsp3) is 0.720. The fourth-order valence-electron chi connectivity index (χ4n) is 3.83. The molecule has 0 aromatic heterocycles. The SMILES string of the molecule is CCCCCCCCCCCCCCCC(=O)NC(CO)C(O)c1ccc([N+](=O)[O-])cc1. The van der Waals surface area contributed by atoms with Gasteiger partial charge in [-0.05, 0) is 24.1 Å². The molecular formula is C25H42N2O5. The third kappa shape index (κ3) is 12.2. The largest absolute Gasteiger partial charge is 0.394 e. The number of amides is 1. The van der Waals surface area contributed by atoms with E-state index in [2.05, 4.69) is 12.2 Å². The summed E-state index contributed by atoms with van der Waals surface area (Å²) in [6, 6.07) is 4.62. The minimum Gasteiger partial charge on any atom is -0.394 e. The van der Waals surface area contributed by atoms with Gasteiger partial charge in [-0.25, -0.2) is 0 Å². The second kappa shape index (κ2) is 17.6. The first kappa shape index (κ1) is 28.0. The fourth-order valence-corrected chi connectivity index (χ4v) is 3.83. The van der Waals surface area contributed by atoms with Crippen LogP contribution in [0, 0.1) is 10.1 Å². The molecule has 1 aromatic carbocycles. The molecule has 0 radical (unpaired) electrons. The summed E-state index contributed by atoms with van der Waals surface area (Å²) < 4.78 is 0. The topological polar surface area (TPSA) is 113 Å². The van der Waals surface area contributed by atoms with Gasteiger partial charge in [-0.15, -0.1) is 0 Å². The molecule has 0 spiro atoms. The lowest BCUT2D eigenvalue weighted by atomic mass is 10.0. The number of aliphatic hydroxyl groups excluding tert-OH is 2. The molecule has 32 heavy (non-hydrogen) atoms. The van der Waals surface area contributed by atoms with Crippen LogP contribution in [0.1, 0.15) is 108 Å². The number of nitro groups is 1. The molecule has 0 aliphatic heterocycles. The van der Waals surface area contributed by atoms with Crippen LogP contribution in [0.5, 0.6) is 0 Å². The zero-order valence-corrected chi connectivity index (χ0v) is 19.6. The smallest absolute Gasteiger partial charge is 0.269 e. The lowest BCUT2D eigenvalue weighted by Crippen LogP contribution is -2.41. The van der Waals surface area contributed by atoms with E-state index in [4.69, 9.17) is 0 Å². The molecule has 7 heteroatoms. The second-order valence-electron chi connectivity index (χ2n) is 8.64. The Morgan fingerprint density at radius 3 is 1.81 bits per heavy atom. The van der Waals surface area contributed by atoms with Crippen molar-refractivity contribution in [3.05, 3.63) is 39.9 Å². The highest BCUT2D eigenvalue weighted by molar-refractivity contribution is 5.76. The number of carbonyl (C=O) groups is 1. The number of nitrogens with one attached hydrogen (secondary N) is 1. The molecule has 0 aliphatic rings. The molecule has 0 saturated carbocycles. The minimum atomic E-state index is -1.13. The van der Waals surface area contributed by atoms with Crippen molar-refractivity contribution in [2.75, 3.05) is 6.61 Å². The molecule has 182 valence electrons. The van der Waals surface area contributed by atoms with E-state index in [1.165, 1.54) is 88.5 Å². The molecule has 3 N–H and O–H groups in total. The first-order valence-electron chi connectivity index (χ1n) is 12.3. The van der Waals surface area contributed by atoms with Gasteiger partial charge in [-0.1, -0.05) is 84.0 Å². The Morgan fingerprint density at radius 1 is 0.906 bits per heavy atom. The number of carbonyl (C=O) groups excluding carboxylic acids is 1. The van der Waals surface area contributed by atoms with Gasteiger partial charge in [0.05, 0.1) is 17.6 Å². The molecule has 0 heterocycles. The maximum Gasteiger partial charge on any atom is 0.269 e. The number of unbranched alkanes of at least 4 members (excludes halogenated alkanes) is 12. The quantitative estimate of drug-likeness (QED) is 0.144. The van der Waals surface area contributed by atoms with E-state index in [1.807, 2.05) is 0 Å². The van der Waals surface area contributed by atoms with Crippen molar-refractivity contribution in [2.24, 2.45) is 0 Å². The lowest BCUT2D eigenvalue weighted by Gasteiger charge is -2.22. The van der Waals surface area contributed by atoms with E-state index in [-0.39, 0.29) is 11.6 Å². The average Bonchev–Trinajstić information content (AvgIpc) is 2.80. The Bertz CT molecular complexity index is 636. The highest BCUT2D eigenvalue weighted by Crippen LogP contribution is 2.20. The number of aliphatic hydroxyl groups is 2. The Labute approximate surface area is 192 Å². The second-order valence-corrected chi connectivity index (χ2v) is 8.64. The molecule has 0 bridgehead atoms. The molecule has 1 amide bonds. The van der Waals surface area contributed by atoms with Crippen molar-refractivity contribution < 1.29 is 19.9 Å². The Kier molecular flexibility index (Phi) is 15.4. The van der Waals surface area contributed by atoms with Crippen LogP contribution in [-0.2, 0) is 4.79 Å². The van der Waals surface area contributed by atoms with Gasteiger partial charge < -0.3 is 15.5 Å². The number of rotatable bonds is 19. The van der Waals surface area contributed by atoms with Crippen LogP contribution in [0.4, 0.5) is 5.69 Å². The summed E-state index contributed by atoms with van der Waals surface area (Å²) in [5, 5.41) is 33.4. The first-order valence-corrected chi connectivity index (χ1v) is 12.3. The Morgan fingerprint density at radius 2 is 1.38 bits per heavy atom. The zero-order valence-electron chi connectivity index (χ0n) is 19.6. The minimum absolute atomic E-state index is 0.0760. The van der Waals surface area contributed by atoms with Crippen LogP contribution < -0.4 is 5.32 Å². The van der Waals surface area contributed by atoms with Crippen LogP contribution >= 0.6 is 0 Å². The van der Waals surface area contributed by atoms with Crippen molar-refractivity contribution in [3.8, 4) is 0 Å². The number of nitrogens with zero attached hydrogens (tertiary/aromatic N) is 1. The normalized spacial score (nSPS) is 13.0. The third-order valence-corrected chi connectivity index (χ3v) is 5.88. The highest BCUT2D eigenvalue weighted by Gasteiger charge is 2.22. The third-order valence-electron chi connectivity index (χ3n) is 5.88. The van der Waals surface area contributed by atoms with Crippen molar-refractivity contribution >= 4 is 11.6 Å². The van der Waals surface area contributed by atoms with Crippen LogP contribution in [0.25, 0.3) is 0 Å². The number of nitro benzene ring substituents is 1. The first-order chi connectivity index (χ1) is 15.5. The zero-order chi connectivity index (χ0) is 23.6. The summed E-state index contributed by atoms with van der Waals surface area (Å²) in [7, 11) is 0. The molecule has 2 atom stereocenters. The summed E-state index contributed by atoms with van der Waals surface area (Å²) >= 11 is 0. The van der Waals surface area contributed by atoms with Crippen LogP contribution in [0.2, 0.25) is 0 Å². The van der Waals surface area contributed by atoms with E-state index < -0.39 is 23.7 Å². The van der Waals surface area contributed by atoms with E-state index >= 15 is 0 Å². The van der Waals surface area contributed by atoms with Gasteiger partial charge in [0.15, 0.2) is 0 Å². The molecule has 0 aliphatic carbocycles. The van der Waals surface area contributed by atoms with Gasteiger partial charge >= 0.3 is 0 Å². The van der Waals surface area contributed by atoms with E-state index in [0.717, 1.165) is 19.3 Å². The summed E-state index contributed by atoms with van der Waals surface area (Å²) in [5.41, 5.74) is 0.337. The lowest BCUT2D eigenvalue weighted by molar-refractivity contribution is -0.384. The average molecular weight is 451 g/mol. The van der Waals surface area contributed by atoms with E-state index in [9.17, 15) is 25.1 Å². The predicted octanol–water partition coefficient (Wildman–Crippen LogP) is 5.59. The van der Waals surface area contributed by atoms with Crippen LogP contribution in [0.15, 0.2) is 24.3 Å². The molecule has 0 fully saturated rings. The Balaban J connectivity index is 2.12. The molecular weight excluding hydrogens is 408 g/mol. The maximum absolute atomic E-state index is 12.2. The van der Waals surface area contributed by atoms with E-state index in [0.29, 0.717) is 12.0 Å². The van der Waals surface area contributed by atoms with Crippen molar-refractivity contribution in [1.29, 1.82) is 0 Å². The predicted molar refractivity (Wildman–Crippen MR) is 127 cm³/mol. The monoisotopic (exact) mass is 450 g/mol. The van der Waals surface area contributed by atoms with Crippen molar-refractivity contribution in [3.63, 3.8) is 0 Å². The highest BCUT2D eigenvalue weighted by atomic mass is 16.6. The standard InChI is InChI=1S/C25H42N2O5/c1-2-3-4-5-6-7-8-9-10-11-12-13-14-15-24(29)26-23(20-28)25(30)21-16-18-22(19-17-21)27(31)32/h16-19,23,25,28,30H,2-15,20H2,1H3,(H,26,29). The van der Waals surface area contributed by atoms with Gasteiger partial charge in [-0.3, -0.25) is 14.9 Å². The summed E-state index contributed by atoms with van der Waals surface area (Å²) in [6.45, 7) is 1.83. The van der Waals surface area contributed by atoms with Crippen molar-refractivity contribution in [1.82, 2.24) is 5.32 Å². The van der Waals surface area contributed by atoms with Gasteiger partial charge in [-0.2, -0.15) is 0 Å². The maximum atomic E-state index is 12.2. The van der Waals surface area contributed by atoms with E-state index in [1.54, 1.807) is 0 Å². The summed E-state index contributed by atoms with van der Waals surface area (Å²) in [5.74, 6) is -0.201. The number of hydrogen-bond donors (Lipinski definition) is 3. The molecule has 1 rings (SSSR count). The van der Waals surface area contributed by atoms with Crippen LogP contribution in [0.3, 0.4) is 0 Å². The number of non-ortho nitro benzene ring substituents is 1. The van der Waals surface area contributed by atoms with Gasteiger partial charge in [0, 0.05) is 18.6 Å².